The second-order valence-electron chi connectivity index (χ2n) is 8.12. The van der Waals surface area contributed by atoms with E-state index in [4.69, 9.17) is 5.73 Å². The summed E-state index contributed by atoms with van der Waals surface area (Å²) in [4.78, 5) is 36.0. The van der Waals surface area contributed by atoms with Gasteiger partial charge in [0.05, 0.1) is 12.4 Å². The van der Waals surface area contributed by atoms with Crippen molar-refractivity contribution in [3.05, 3.63) is 54.1 Å². The Labute approximate surface area is 164 Å². The predicted octanol–water partition coefficient (Wildman–Crippen LogP) is 1.32. The fraction of sp³-hybridized carbons (Fsp3) is 0.476. The first-order valence-corrected chi connectivity index (χ1v) is 9.88. The molecule has 3 heterocycles. The second-order valence-corrected chi connectivity index (χ2v) is 8.12. The van der Waals surface area contributed by atoms with E-state index in [1.165, 1.54) is 0 Å². The summed E-state index contributed by atoms with van der Waals surface area (Å²) < 4.78 is 0. The van der Waals surface area contributed by atoms with Crippen molar-refractivity contribution in [1.29, 1.82) is 0 Å². The van der Waals surface area contributed by atoms with Crippen molar-refractivity contribution in [3.63, 3.8) is 0 Å². The van der Waals surface area contributed by atoms with Gasteiger partial charge in [0, 0.05) is 56.3 Å². The number of hydrogen-bond acceptors (Lipinski definition) is 4. The first-order valence-electron chi connectivity index (χ1n) is 9.88. The normalized spacial score (nSPS) is 20.0. The van der Waals surface area contributed by atoms with E-state index in [9.17, 15) is 9.59 Å². The maximum atomic E-state index is 12.7. The summed E-state index contributed by atoms with van der Waals surface area (Å²) in [6, 6.07) is 9.54. The summed E-state index contributed by atoms with van der Waals surface area (Å²) in [5.41, 5.74) is 8.13. The number of carbonyl (C=O) groups excluding carboxylic acids is 2. The third kappa shape index (κ3) is 3.94. The number of aromatic amines is 1. The molecule has 2 amide bonds. The van der Waals surface area contributed by atoms with Crippen LogP contribution in [0.15, 0.2) is 42.9 Å². The summed E-state index contributed by atoms with van der Waals surface area (Å²) in [6.07, 6.45) is 6.05. The monoisotopic (exact) mass is 381 g/mol. The lowest BCUT2D eigenvalue weighted by Gasteiger charge is -2.39. The van der Waals surface area contributed by atoms with Gasteiger partial charge in [-0.05, 0) is 18.4 Å². The van der Waals surface area contributed by atoms with E-state index in [1.54, 1.807) is 12.5 Å². The van der Waals surface area contributed by atoms with Crippen LogP contribution in [0.4, 0.5) is 0 Å². The number of nitrogens with one attached hydrogen (secondary N) is 1. The number of nitrogens with zero attached hydrogens (tertiary/aromatic N) is 3. The Morgan fingerprint density at radius 3 is 2.68 bits per heavy atom. The lowest BCUT2D eigenvalue weighted by Crippen LogP contribution is -2.50. The lowest BCUT2D eigenvalue weighted by molar-refractivity contribution is -0.134. The Balaban J connectivity index is 1.32. The third-order valence-electron chi connectivity index (χ3n) is 6.07. The van der Waals surface area contributed by atoms with Gasteiger partial charge in [-0.1, -0.05) is 30.3 Å². The maximum absolute atomic E-state index is 12.7. The van der Waals surface area contributed by atoms with E-state index >= 15 is 0 Å². The van der Waals surface area contributed by atoms with Crippen LogP contribution < -0.4 is 5.73 Å². The SMILES string of the molecule is N[C@@H](Cc1cnc[nH]1)C(=O)N1CCC2(CC1)CC(=O)N(Cc1ccccc1)C2. The van der Waals surface area contributed by atoms with Crippen LogP contribution in [0.2, 0.25) is 0 Å². The molecule has 28 heavy (non-hydrogen) atoms. The number of benzene rings is 1. The van der Waals surface area contributed by atoms with Crippen molar-refractivity contribution in [2.75, 3.05) is 19.6 Å². The zero-order valence-electron chi connectivity index (χ0n) is 16.0. The molecule has 7 nitrogen and oxygen atoms in total. The molecule has 1 spiro atoms. The summed E-state index contributed by atoms with van der Waals surface area (Å²) in [6.45, 7) is 2.78. The van der Waals surface area contributed by atoms with E-state index in [0.29, 0.717) is 32.5 Å². The molecule has 148 valence electrons. The fourth-order valence-electron chi connectivity index (χ4n) is 4.42. The summed E-state index contributed by atoms with van der Waals surface area (Å²) in [7, 11) is 0. The van der Waals surface area contributed by atoms with E-state index in [2.05, 4.69) is 22.1 Å². The van der Waals surface area contributed by atoms with Crippen molar-refractivity contribution >= 4 is 11.8 Å². The number of imidazole rings is 1. The van der Waals surface area contributed by atoms with Crippen molar-refractivity contribution in [1.82, 2.24) is 19.8 Å². The highest BCUT2D eigenvalue weighted by molar-refractivity contribution is 5.82. The molecule has 2 fully saturated rings. The maximum Gasteiger partial charge on any atom is 0.239 e. The topological polar surface area (TPSA) is 95.3 Å². The van der Waals surface area contributed by atoms with Gasteiger partial charge in [0.15, 0.2) is 0 Å². The Kier molecular flexibility index (Phi) is 5.17. The highest BCUT2D eigenvalue weighted by Crippen LogP contribution is 2.41. The quantitative estimate of drug-likeness (QED) is 0.817. The molecule has 4 rings (SSSR count). The minimum absolute atomic E-state index is 0.00385. The standard InChI is InChI=1S/C21H27N5O2/c22-18(10-17-12-23-15-24-17)20(28)25-8-6-21(7-9-25)11-19(27)26(14-21)13-16-4-2-1-3-5-16/h1-5,12,15,18H,6-11,13-14,22H2,(H,23,24)/t18-/m0/s1. The molecule has 7 heteroatoms. The first kappa shape index (κ1) is 18.7. The highest BCUT2D eigenvalue weighted by Gasteiger charge is 2.45. The van der Waals surface area contributed by atoms with Gasteiger partial charge in [0.2, 0.25) is 11.8 Å². The Bertz CT molecular complexity index is 813. The van der Waals surface area contributed by atoms with Crippen LogP contribution in [-0.4, -0.2) is 57.3 Å². The molecular weight excluding hydrogens is 354 g/mol. The molecule has 0 unspecified atom stereocenters. The number of hydrogen-bond donors (Lipinski definition) is 2. The van der Waals surface area contributed by atoms with Crippen molar-refractivity contribution in [2.24, 2.45) is 11.1 Å². The van der Waals surface area contributed by atoms with E-state index in [0.717, 1.165) is 30.6 Å². The van der Waals surface area contributed by atoms with Crippen LogP contribution in [0.25, 0.3) is 0 Å². The molecule has 0 bridgehead atoms. The number of carbonyl (C=O) groups is 2. The molecule has 1 aromatic heterocycles. The van der Waals surface area contributed by atoms with Crippen LogP contribution in [0.3, 0.4) is 0 Å². The van der Waals surface area contributed by atoms with Crippen LogP contribution in [-0.2, 0) is 22.6 Å². The van der Waals surface area contributed by atoms with Gasteiger partial charge in [-0.25, -0.2) is 4.98 Å². The van der Waals surface area contributed by atoms with E-state index in [-0.39, 0.29) is 17.2 Å². The van der Waals surface area contributed by atoms with Crippen molar-refractivity contribution in [2.45, 2.75) is 38.3 Å². The number of amides is 2. The molecule has 2 aliphatic heterocycles. The Hall–Kier alpha value is -2.67. The Morgan fingerprint density at radius 1 is 1.25 bits per heavy atom. The molecule has 3 N–H and O–H groups in total. The van der Waals surface area contributed by atoms with Crippen molar-refractivity contribution < 1.29 is 9.59 Å². The van der Waals surface area contributed by atoms with E-state index < -0.39 is 6.04 Å². The lowest BCUT2D eigenvalue weighted by atomic mass is 9.77. The van der Waals surface area contributed by atoms with Crippen LogP contribution >= 0.6 is 0 Å². The summed E-state index contributed by atoms with van der Waals surface area (Å²) in [5, 5.41) is 0. The van der Waals surface area contributed by atoms with Gasteiger partial charge in [-0.3, -0.25) is 9.59 Å². The van der Waals surface area contributed by atoms with Crippen molar-refractivity contribution in [3.8, 4) is 0 Å². The second kappa shape index (κ2) is 7.75. The molecule has 1 atom stereocenters. The number of rotatable bonds is 5. The first-order chi connectivity index (χ1) is 13.5. The zero-order chi connectivity index (χ0) is 19.6. The highest BCUT2D eigenvalue weighted by atomic mass is 16.2. The molecule has 2 aromatic rings. The van der Waals surface area contributed by atoms with Gasteiger partial charge in [-0.2, -0.15) is 0 Å². The number of likely N-dealkylation sites (tertiary alicyclic amines) is 2. The van der Waals surface area contributed by atoms with Gasteiger partial charge in [0.1, 0.15) is 0 Å². The number of nitrogens with two attached hydrogens (primary N) is 1. The molecule has 0 radical (unpaired) electrons. The molecule has 0 aliphatic carbocycles. The van der Waals surface area contributed by atoms with Crippen LogP contribution in [0.5, 0.6) is 0 Å². The number of aromatic nitrogens is 2. The molecular formula is C21H27N5O2. The number of H-pyrrole nitrogens is 1. The average Bonchev–Trinajstić information content (AvgIpc) is 3.31. The van der Waals surface area contributed by atoms with Gasteiger partial charge in [0.25, 0.3) is 0 Å². The van der Waals surface area contributed by atoms with Gasteiger partial charge < -0.3 is 20.5 Å². The minimum Gasteiger partial charge on any atom is -0.348 e. The molecule has 1 aromatic carbocycles. The summed E-state index contributed by atoms with van der Waals surface area (Å²) >= 11 is 0. The van der Waals surface area contributed by atoms with Crippen LogP contribution in [0.1, 0.15) is 30.5 Å². The molecule has 2 aliphatic rings. The fourth-order valence-corrected chi connectivity index (χ4v) is 4.42. The van der Waals surface area contributed by atoms with E-state index in [1.807, 2.05) is 28.0 Å². The predicted molar refractivity (Wildman–Crippen MR) is 105 cm³/mol. The Morgan fingerprint density at radius 2 is 2.00 bits per heavy atom. The third-order valence-corrected chi connectivity index (χ3v) is 6.07. The number of piperidine rings is 1. The van der Waals surface area contributed by atoms with Gasteiger partial charge >= 0.3 is 0 Å². The zero-order valence-corrected chi connectivity index (χ0v) is 16.0. The smallest absolute Gasteiger partial charge is 0.239 e. The van der Waals surface area contributed by atoms with Gasteiger partial charge in [-0.15, -0.1) is 0 Å². The average molecular weight is 381 g/mol. The van der Waals surface area contributed by atoms with Crippen LogP contribution in [0, 0.1) is 5.41 Å². The molecule has 2 saturated heterocycles. The minimum atomic E-state index is -0.561. The molecule has 0 saturated carbocycles. The summed E-state index contributed by atoms with van der Waals surface area (Å²) in [5.74, 6) is 0.203. The largest absolute Gasteiger partial charge is 0.348 e.